The molecule has 1 heterocycles. The van der Waals surface area contributed by atoms with Gasteiger partial charge in [0.05, 0.1) is 6.61 Å². The van der Waals surface area contributed by atoms with Crippen LogP contribution in [0.25, 0.3) is 17.2 Å². The first-order chi connectivity index (χ1) is 17.2. The molecule has 0 amide bonds. The van der Waals surface area contributed by atoms with Crippen molar-refractivity contribution in [3.05, 3.63) is 83.9 Å². The normalized spacial score (nSPS) is 14.9. The topological polar surface area (TPSA) is 59.0 Å². The number of anilines is 2. The number of carboxylic acids is 1. The molecule has 0 saturated carbocycles. The average Bonchev–Trinajstić information content (AvgIpc) is 2.87. The highest BCUT2D eigenvalue weighted by Gasteiger charge is 2.19. The third kappa shape index (κ3) is 6.52. The van der Waals surface area contributed by atoms with E-state index in [1.54, 1.807) is 0 Å². The zero-order chi connectivity index (χ0) is 24.5. The van der Waals surface area contributed by atoms with Crippen molar-refractivity contribution in [1.29, 1.82) is 0 Å². The number of fused-ring (bicyclic) bond motifs is 1. The van der Waals surface area contributed by atoms with Crippen molar-refractivity contribution in [2.45, 2.75) is 32.6 Å². The van der Waals surface area contributed by atoms with E-state index in [-0.39, 0.29) is 0 Å². The predicted octanol–water partition coefficient (Wildman–Crippen LogP) is 6.95. The van der Waals surface area contributed by atoms with Crippen molar-refractivity contribution in [2.75, 3.05) is 31.3 Å². The van der Waals surface area contributed by atoms with Crippen LogP contribution in [0.2, 0.25) is 0 Å². The predicted molar refractivity (Wildman–Crippen MR) is 141 cm³/mol. The van der Waals surface area contributed by atoms with Gasteiger partial charge in [-0.2, -0.15) is 0 Å². The maximum Gasteiger partial charge on any atom is 0.331 e. The van der Waals surface area contributed by atoms with Gasteiger partial charge in [0.1, 0.15) is 12.4 Å². The summed E-state index contributed by atoms with van der Waals surface area (Å²) in [6.45, 7) is 4.79. The van der Waals surface area contributed by atoms with Crippen LogP contribution in [-0.2, 0) is 9.53 Å². The minimum atomic E-state index is -0.852. The molecule has 0 fully saturated rings. The van der Waals surface area contributed by atoms with Gasteiger partial charge in [0.25, 0.3) is 0 Å². The number of benzene rings is 3. The van der Waals surface area contributed by atoms with E-state index in [9.17, 15) is 9.90 Å². The van der Waals surface area contributed by atoms with Crippen molar-refractivity contribution < 1.29 is 19.4 Å². The van der Waals surface area contributed by atoms with Crippen LogP contribution in [0.5, 0.6) is 5.75 Å². The van der Waals surface area contributed by atoms with Crippen LogP contribution >= 0.6 is 0 Å². The molecule has 0 radical (unpaired) electrons. The SMILES string of the molecule is CCCCOCCOc1ccc(-c2ccc3c(c2)/C=C(/C(=O)O)CCCN3c2ccccc2)cc1. The Kier molecular flexibility index (Phi) is 8.58. The van der Waals surface area contributed by atoms with Crippen LogP contribution in [0.1, 0.15) is 38.2 Å². The summed E-state index contributed by atoms with van der Waals surface area (Å²) in [5.41, 5.74) is 5.56. The minimum absolute atomic E-state index is 0.445. The molecule has 0 saturated heterocycles. The van der Waals surface area contributed by atoms with Crippen LogP contribution < -0.4 is 9.64 Å². The highest BCUT2D eigenvalue weighted by atomic mass is 16.5. The third-order valence-corrected chi connectivity index (χ3v) is 6.14. The molecule has 0 aromatic heterocycles. The van der Waals surface area contributed by atoms with Gasteiger partial charge >= 0.3 is 5.97 Å². The molecule has 0 spiro atoms. The van der Waals surface area contributed by atoms with E-state index in [4.69, 9.17) is 9.47 Å². The number of carboxylic acid groups (broad SMARTS) is 1. The second kappa shape index (κ2) is 12.2. The lowest BCUT2D eigenvalue weighted by Crippen LogP contribution is -2.21. The summed E-state index contributed by atoms with van der Waals surface area (Å²) in [4.78, 5) is 14.1. The monoisotopic (exact) mass is 471 g/mol. The number of nitrogens with zero attached hydrogens (tertiary/aromatic N) is 1. The van der Waals surface area contributed by atoms with E-state index in [0.717, 1.165) is 66.2 Å². The summed E-state index contributed by atoms with van der Waals surface area (Å²) in [5.74, 6) is -0.0444. The quantitative estimate of drug-likeness (QED) is 0.324. The summed E-state index contributed by atoms with van der Waals surface area (Å²) >= 11 is 0. The van der Waals surface area contributed by atoms with E-state index in [1.807, 2.05) is 48.5 Å². The highest BCUT2D eigenvalue weighted by Crippen LogP contribution is 2.36. The molecular weight excluding hydrogens is 438 g/mol. The lowest BCUT2D eigenvalue weighted by atomic mass is 9.96. The Balaban J connectivity index is 1.56. The molecular formula is C30H33NO4. The zero-order valence-electron chi connectivity index (χ0n) is 20.3. The Morgan fingerprint density at radius 2 is 1.71 bits per heavy atom. The molecule has 0 atom stereocenters. The Labute approximate surface area is 207 Å². The van der Waals surface area contributed by atoms with Gasteiger partial charge in [-0.25, -0.2) is 4.79 Å². The Hall–Kier alpha value is -3.57. The molecule has 5 heteroatoms. The molecule has 4 rings (SSSR count). The summed E-state index contributed by atoms with van der Waals surface area (Å²) in [7, 11) is 0. The van der Waals surface area contributed by atoms with Crippen LogP contribution in [0.15, 0.2) is 78.4 Å². The van der Waals surface area contributed by atoms with Gasteiger partial charge in [0, 0.05) is 30.1 Å². The molecule has 0 unspecified atom stereocenters. The van der Waals surface area contributed by atoms with E-state index in [1.165, 1.54) is 0 Å². The van der Waals surface area contributed by atoms with Crippen molar-refractivity contribution >= 4 is 23.4 Å². The van der Waals surface area contributed by atoms with Gasteiger partial charge in [-0.1, -0.05) is 49.7 Å². The number of rotatable bonds is 10. The number of para-hydroxylation sites is 1. The largest absolute Gasteiger partial charge is 0.491 e. The lowest BCUT2D eigenvalue weighted by Gasteiger charge is -2.29. The summed E-state index contributed by atoms with van der Waals surface area (Å²) in [5, 5.41) is 9.71. The van der Waals surface area contributed by atoms with Crippen LogP contribution in [0.4, 0.5) is 11.4 Å². The van der Waals surface area contributed by atoms with Gasteiger partial charge in [-0.3, -0.25) is 0 Å². The molecule has 182 valence electrons. The Bertz CT molecular complexity index is 1140. The number of hydrogen-bond donors (Lipinski definition) is 1. The van der Waals surface area contributed by atoms with Crippen LogP contribution in [-0.4, -0.2) is 37.4 Å². The van der Waals surface area contributed by atoms with Gasteiger partial charge in [-0.05, 0) is 78.4 Å². The number of carbonyl (C=O) groups is 1. The van der Waals surface area contributed by atoms with Gasteiger partial charge in [-0.15, -0.1) is 0 Å². The van der Waals surface area contributed by atoms with E-state index in [0.29, 0.717) is 25.2 Å². The first-order valence-electron chi connectivity index (χ1n) is 12.4. The maximum absolute atomic E-state index is 11.8. The highest BCUT2D eigenvalue weighted by molar-refractivity contribution is 5.94. The second-order valence-corrected chi connectivity index (χ2v) is 8.68. The number of ether oxygens (including phenoxy) is 2. The Morgan fingerprint density at radius 1 is 0.943 bits per heavy atom. The van der Waals surface area contributed by atoms with Crippen molar-refractivity contribution in [3.8, 4) is 16.9 Å². The standard InChI is InChI=1S/C30H33NO4/c1-2-3-18-34-19-20-35-28-14-11-23(12-15-28)24-13-16-29-26(21-24)22-25(30(32)33)8-7-17-31(29)27-9-5-4-6-10-27/h4-6,9-16,21-22H,2-3,7-8,17-20H2,1H3,(H,32,33)/b25-22+. The number of hydrogen-bond acceptors (Lipinski definition) is 4. The van der Waals surface area contributed by atoms with Crippen LogP contribution in [0.3, 0.4) is 0 Å². The van der Waals surface area contributed by atoms with E-state index < -0.39 is 5.97 Å². The van der Waals surface area contributed by atoms with Crippen molar-refractivity contribution in [3.63, 3.8) is 0 Å². The molecule has 3 aromatic rings. The van der Waals surface area contributed by atoms with E-state index in [2.05, 4.69) is 42.2 Å². The summed E-state index contributed by atoms with van der Waals surface area (Å²) in [6.07, 6.45) is 5.34. The molecule has 1 N–H and O–H groups in total. The van der Waals surface area contributed by atoms with Crippen molar-refractivity contribution in [1.82, 2.24) is 0 Å². The molecule has 0 bridgehead atoms. The van der Waals surface area contributed by atoms with Gasteiger partial charge < -0.3 is 19.5 Å². The summed E-state index contributed by atoms with van der Waals surface area (Å²) in [6, 6.07) is 24.5. The number of unbranched alkanes of at least 4 members (excludes halogenated alkanes) is 1. The minimum Gasteiger partial charge on any atom is -0.491 e. The zero-order valence-corrected chi connectivity index (χ0v) is 20.3. The molecule has 35 heavy (non-hydrogen) atoms. The average molecular weight is 472 g/mol. The smallest absolute Gasteiger partial charge is 0.331 e. The fourth-order valence-electron chi connectivity index (χ4n) is 4.26. The molecule has 0 aliphatic carbocycles. The van der Waals surface area contributed by atoms with Gasteiger partial charge in [0.15, 0.2) is 0 Å². The Morgan fingerprint density at radius 3 is 2.46 bits per heavy atom. The lowest BCUT2D eigenvalue weighted by molar-refractivity contribution is -0.132. The second-order valence-electron chi connectivity index (χ2n) is 8.68. The molecule has 5 nitrogen and oxygen atoms in total. The van der Waals surface area contributed by atoms with Gasteiger partial charge in [0.2, 0.25) is 0 Å². The maximum atomic E-state index is 11.8. The first-order valence-corrected chi connectivity index (χ1v) is 12.4. The van der Waals surface area contributed by atoms with Crippen molar-refractivity contribution in [2.24, 2.45) is 0 Å². The molecule has 1 aliphatic heterocycles. The fraction of sp³-hybridized carbons (Fsp3) is 0.300. The third-order valence-electron chi connectivity index (χ3n) is 6.14. The molecule has 3 aromatic carbocycles. The number of aliphatic carboxylic acids is 1. The van der Waals surface area contributed by atoms with Crippen LogP contribution in [0, 0.1) is 0 Å². The first kappa shape index (κ1) is 24.6. The summed E-state index contributed by atoms with van der Waals surface area (Å²) < 4.78 is 11.3. The van der Waals surface area contributed by atoms with E-state index >= 15 is 0 Å². The molecule has 1 aliphatic rings. The fourth-order valence-corrected chi connectivity index (χ4v) is 4.26.